The third-order valence-electron chi connectivity index (χ3n) is 2.09. The summed E-state index contributed by atoms with van der Waals surface area (Å²) in [6.07, 6.45) is 0.648. The molecule has 1 aromatic heterocycles. The molecule has 0 bridgehead atoms. The molecule has 0 radical (unpaired) electrons. The SMILES string of the molecule is CN(C)CCC(C(=O)O)c1cc(Br)cs1. The van der Waals surface area contributed by atoms with Crippen molar-refractivity contribution in [2.24, 2.45) is 0 Å². The van der Waals surface area contributed by atoms with Gasteiger partial charge in [-0.1, -0.05) is 0 Å². The fourth-order valence-corrected chi connectivity index (χ4v) is 2.86. The number of carbonyl (C=O) groups is 1. The van der Waals surface area contributed by atoms with Crippen LogP contribution in [0.25, 0.3) is 0 Å². The van der Waals surface area contributed by atoms with Gasteiger partial charge >= 0.3 is 5.97 Å². The van der Waals surface area contributed by atoms with E-state index >= 15 is 0 Å². The van der Waals surface area contributed by atoms with E-state index in [2.05, 4.69) is 15.9 Å². The third-order valence-corrected chi connectivity index (χ3v) is 3.90. The topological polar surface area (TPSA) is 40.5 Å². The maximum Gasteiger partial charge on any atom is 0.311 e. The number of carboxylic acids is 1. The van der Waals surface area contributed by atoms with Gasteiger partial charge in [0.1, 0.15) is 0 Å². The quantitative estimate of drug-likeness (QED) is 0.907. The third kappa shape index (κ3) is 3.93. The molecule has 0 aromatic carbocycles. The maximum atomic E-state index is 11.1. The minimum Gasteiger partial charge on any atom is -0.481 e. The van der Waals surface area contributed by atoms with Crippen molar-refractivity contribution in [1.29, 1.82) is 0 Å². The van der Waals surface area contributed by atoms with Gasteiger partial charge in [-0.25, -0.2) is 0 Å². The van der Waals surface area contributed by atoms with Gasteiger partial charge in [0.2, 0.25) is 0 Å². The molecule has 5 heteroatoms. The highest BCUT2D eigenvalue weighted by atomic mass is 79.9. The normalized spacial score (nSPS) is 13.1. The Labute approximate surface area is 102 Å². The van der Waals surface area contributed by atoms with Gasteiger partial charge in [-0.3, -0.25) is 4.79 Å². The number of carboxylic acid groups (broad SMARTS) is 1. The van der Waals surface area contributed by atoms with E-state index in [9.17, 15) is 4.79 Å². The summed E-state index contributed by atoms with van der Waals surface area (Å²) in [6, 6.07) is 1.89. The van der Waals surface area contributed by atoms with E-state index in [0.717, 1.165) is 15.9 Å². The first-order valence-electron chi connectivity index (χ1n) is 4.62. The second-order valence-electron chi connectivity index (χ2n) is 3.65. The summed E-state index contributed by atoms with van der Waals surface area (Å²) < 4.78 is 0.957. The van der Waals surface area contributed by atoms with Gasteiger partial charge in [0, 0.05) is 14.7 Å². The first-order chi connectivity index (χ1) is 7.00. The highest BCUT2D eigenvalue weighted by Gasteiger charge is 2.21. The number of aliphatic carboxylic acids is 1. The van der Waals surface area contributed by atoms with Crippen LogP contribution in [0.15, 0.2) is 15.9 Å². The minimum atomic E-state index is -0.744. The van der Waals surface area contributed by atoms with Gasteiger partial charge in [-0.05, 0) is 49.1 Å². The van der Waals surface area contributed by atoms with Gasteiger partial charge in [0.15, 0.2) is 0 Å². The Morgan fingerprint density at radius 1 is 1.67 bits per heavy atom. The molecule has 0 spiro atoms. The van der Waals surface area contributed by atoms with Crippen molar-refractivity contribution < 1.29 is 9.90 Å². The van der Waals surface area contributed by atoms with Crippen molar-refractivity contribution in [2.45, 2.75) is 12.3 Å². The standard InChI is InChI=1S/C10H14BrNO2S/c1-12(2)4-3-8(10(13)14)9-5-7(11)6-15-9/h5-6,8H,3-4H2,1-2H3,(H,13,14). The second-order valence-corrected chi connectivity index (χ2v) is 5.51. The van der Waals surface area contributed by atoms with Crippen LogP contribution < -0.4 is 0 Å². The first-order valence-corrected chi connectivity index (χ1v) is 6.29. The Bertz CT molecular complexity index is 338. The van der Waals surface area contributed by atoms with E-state index in [0.29, 0.717) is 6.42 Å². The molecule has 1 unspecified atom stereocenters. The number of hydrogen-bond donors (Lipinski definition) is 1. The Hall–Kier alpha value is -0.390. The zero-order valence-electron chi connectivity index (χ0n) is 8.74. The van der Waals surface area contributed by atoms with Crippen LogP contribution in [0.1, 0.15) is 17.2 Å². The molecule has 0 fully saturated rings. The van der Waals surface area contributed by atoms with Gasteiger partial charge in [-0.15, -0.1) is 11.3 Å². The van der Waals surface area contributed by atoms with Crippen molar-refractivity contribution in [1.82, 2.24) is 4.90 Å². The number of thiophene rings is 1. The molecule has 84 valence electrons. The summed E-state index contributed by atoms with van der Waals surface area (Å²) in [7, 11) is 3.90. The van der Waals surface area contributed by atoms with Crippen LogP contribution in [-0.4, -0.2) is 36.6 Å². The van der Waals surface area contributed by atoms with Crippen LogP contribution in [0.2, 0.25) is 0 Å². The average molecular weight is 292 g/mol. The molecule has 0 aliphatic carbocycles. The Morgan fingerprint density at radius 2 is 2.33 bits per heavy atom. The van der Waals surface area contributed by atoms with Crippen LogP contribution in [0, 0.1) is 0 Å². The molecule has 0 amide bonds. The monoisotopic (exact) mass is 291 g/mol. The predicted molar refractivity (Wildman–Crippen MR) is 65.6 cm³/mol. The summed E-state index contributed by atoms with van der Waals surface area (Å²) in [5, 5.41) is 11.0. The van der Waals surface area contributed by atoms with Gasteiger partial charge < -0.3 is 10.0 Å². The fraction of sp³-hybridized carbons (Fsp3) is 0.500. The van der Waals surface area contributed by atoms with Crippen molar-refractivity contribution >= 4 is 33.2 Å². The molecule has 1 N–H and O–H groups in total. The van der Waals surface area contributed by atoms with Gasteiger partial charge in [0.25, 0.3) is 0 Å². The minimum absolute atomic E-state index is 0.385. The fourth-order valence-electron chi connectivity index (χ4n) is 1.29. The first kappa shape index (κ1) is 12.7. The maximum absolute atomic E-state index is 11.1. The van der Waals surface area contributed by atoms with Crippen LogP contribution in [0.3, 0.4) is 0 Å². The smallest absolute Gasteiger partial charge is 0.311 e. The molecule has 1 aromatic rings. The summed E-state index contributed by atoms with van der Waals surface area (Å²) in [6.45, 7) is 0.784. The number of hydrogen-bond acceptors (Lipinski definition) is 3. The van der Waals surface area contributed by atoms with Crippen molar-refractivity contribution in [3.63, 3.8) is 0 Å². The van der Waals surface area contributed by atoms with Crippen LogP contribution >= 0.6 is 27.3 Å². The van der Waals surface area contributed by atoms with Crippen LogP contribution in [0.4, 0.5) is 0 Å². The average Bonchev–Trinajstić information content (AvgIpc) is 2.51. The van der Waals surface area contributed by atoms with Gasteiger partial charge in [-0.2, -0.15) is 0 Å². The Kier molecular flexibility index (Phi) is 4.76. The highest BCUT2D eigenvalue weighted by Crippen LogP contribution is 2.29. The summed E-state index contributed by atoms with van der Waals surface area (Å²) in [5.41, 5.74) is 0. The lowest BCUT2D eigenvalue weighted by Gasteiger charge is -2.14. The molecule has 3 nitrogen and oxygen atoms in total. The second kappa shape index (κ2) is 5.63. The van der Waals surface area contributed by atoms with E-state index < -0.39 is 5.97 Å². The lowest BCUT2D eigenvalue weighted by molar-refractivity contribution is -0.138. The molecule has 1 atom stereocenters. The number of halogens is 1. The van der Waals surface area contributed by atoms with Crippen molar-refractivity contribution in [3.05, 3.63) is 20.8 Å². The molecule has 15 heavy (non-hydrogen) atoms. The molecular formula is C10H14BrNO2S. The van der Waals surface area contributed by atoms with E-state index in [-0.39, 0.29) is 5.92 Å². The molecule has 0 saturated carbocycles. The summed E-state index contributed by atoms with van der Waals surface area (Å²) >= 11 is 4.83. The molecule has 1 rings (SSSR count). The Balaban J connectivity index is 2.70. The zero-order valence-corrected chi connectivity index (χ0v) is 11.1. The molecule has 1 heterocycles. The van der Waals surface area contributed by atoms with Crippen molar-refractivity contribution in [3.8, 4) is 0 Å². The molecule has 0 saturated heterocycles. The van der Waals surface area contributed by atoms with E-state index in [1.165, 1.54) is 11.3 Å². The molecule has 0 aliphatic rings. The summed E-state index contributed by atoms with van der Waals surface area (Å²) in [4.78, 5) is 14.0. The van der Waals surface area contributed by atoms with E-state index in [1.807, 2.05) is 30.4 Å². The summed E-state index contributed by atoms with van der Waals surface area (Å²) in [5.74, 6) is -1.13. The number of rotatable bonds is 5. The van der Waals surface area contributed by atoms with Gasteiger partial charge in [0.05, 0.1) is 5.92 Å². The van der Waals surface area contributed by atoms with Crippen LogP contribution in [-0.2, 0) is 4.79 Å². The largest absolute Gasteiger partial charge is 0.481 e. The lowest BCUT2D eigenvalue weighted by Crippen LogP contribution is -2.19. The number of nitrogens with zero attached hydrogens (tertiary/aromatic N) is 1. The highest BCUT2D eigenvalue weighted by molar-refractivity contribution is 9.10. The zero-order chi connectivity index (χ0) is 11.4. The Morgan fingerprint density at radius 3 is 2.73 bits per heavy atom. The molecular weight excluding hydrogens is 278 g/mol. The molecule has 0 aliphatic heterocycles. The van der Waals surface area contributed by atoms with Crippen molar-refractivity contribution in [2.75, 3.05) is 20.6 Å². The van der Waals surface area contributed by atoms with E-state index in [1.54, 1.807) is 0 Å². The van der Waals surface area contributed by atoms with Crippen LogP contribution in [0.5, 0.6) is 0 Å². The van der Waals surface area contributed by atoms with E-state index in [4.69, 9.17) is 5.11 Å². The lowest BCUT2D eigenvalue weighted by atomic mass is 10.0. The predicted octanol–water partition coefficient (Wildman–Crippen LogP) is 2.63.